The van der Waals surface area contributed by atoms with Crippen LogP contribution in [0.2, 0.25) is 0 Å². The zero-order valence-corrected chi connectivity index (χ0v) is 15.9. The molecule has 0 bridgehead atoms. The van der Waals surface area contributed by atoms with Gasteiger partial charge in [0.2, 0.25) is 11.9 Å². The molecule has 0 saturated heterocycles. The summed E-state index contributed by atoms with van der Waals surface area (Å²) in [6.07, 6.45) is -1.15. The first-order valence-electron chi connectivity index (χ1n) is 8.76. The fourth-order valence-corrected chi connectivity index (χ4v) is 2.73. The van der Waals surface area contributed by atoms with Gasteiger partial charge in [0, 0.05) is 5.56 Å². The number of aryl methyl sites for hydroxylation is 2. The maximum atomic E-state index is 13.0. The van der Waals surface area contributed by atoms with E-state index >= 15 is 0 Å². The maximum Gasteiger partial charge on any atom is 0.375 e. The van der Waals surface area contributed by atoms with E-state index in [1.807, 2.05) is 19.1 Å². The SMILES string of the molecule is COc1ccc(C)cc1NC(=O)C(OC(=O)c1ccc(C)o1)c1ccccc1. The smallest absolute Gasteiger partial charge is 0.375 e. The van der Waals surface area contributed by atoms with Crippen LogP contribution in [0.5, 0.6) is 5.75 Å². The fraction of sp³-hybridized carbons (Fsp3) is 0.182. The van der Waals surface area contributed by atoms with E-state index < -0.39 is 18.0 Å². The molecule has 6 heteroatoms. The van der Waals surface area contributed by atoms with Crippen LogP contribution in [0.25, 0.3) is 0 Å². The molecular weight excluding hydrogens is 358 g/mol. The molecule has 28 heavy (non-hydrogen) atoms. The highest BCUT2D eigenvalue weighted by atomic mass is 16.6. The van der Waals surface area contributed by atoms with Gasteiger partial charge in [-0.25, -0.2) is 4.79 Å². The van der Waals surface area contributed by atoms with Crippen LogP contribution < -0.4 is 10.1 Å². The zero-order valence-electron chi connectivity index (χ0n) is 15.9. The first-order valence-corrected chi connectivity index (χ1v) is 8.76. The van der Waals surface area contributed by atoms with Crippen molar-refractivity contribution in [3.05, 3.63) is 83.3 Å². The number of carbonyl (C=O) groups excluding carboxylic acids is 2. The highest BCUT2D eigenvalue weighted by Crippen LogP contribution is 2.28. The number of benzene rings is 2. The number of carbonyl (C=O) groups is 2. The normalized spacial score (nSPS) is 11.5. The van der Waals surface area contributed by atoms with Crippen molar-refractivity contribution in [1.29, 1.82) is 0 Å². The lowest BCUT2D eigenvalue weighted by Crippen LogP contribution is -2.26. The largest absolute Gasteiger partial charge is 0.495 e. The van der Waals surface area contributed by atoms with Gasteiger partial charge in [0.05, 0.1) is 12.8 Å². The van der Waals surface area contributed by atoms with Gasteiger partial charge in [0.15, 0.2) is 0 Å². The van der Waals surface area contributed by atoms with Crippen molar-refractivity contribution in [3.63, 3.8) is 0 Å². The molecule has 6 nitrogen and oxygen atoms in total. The van der Waals surface area contributed by atoms with E-state index in [2.05, 4.69) is 5.32 Å². The number of amides is 1. The van der Waals surface area contributed by atoms with Gasteiger partial charge in [-0.15, -0.1) is 0 Å². The molecule has 144 valence electrons. The minimum absolute atomic E-state index is 0.0411. The number of hydrogen-bond acceptors (Lipinski definition) is 5. The van der Waals surface area contributed by atoms with Gasteiger partial charge in [0.25, 0.3) is 5.91 Å². The van der Waals surface area contributed by atoms with Crippen LogP contribution in [0.15, 0.2) is 65.1 Å². The van der Waals surface area contributed by atoms with Crippen LogP contribution in [-0.4, -0.2) is 19.0 Å². The van der Waals surface area contributed by atoms with E-state index in [9.17, 15) is 9.59 Å². The van der Waals surface area contributed by atoms with Crippen molar-refractivity contribution < 1.29 is 23.5 Å². The van der Waals surface area contributed by atoms with Gasteiger partial charge in [-0.1, -0.05) is 36.4 Å². The Balaban J connectivity index is 1.87. The number of anilines is 1. The van der Waals surface area contributed by atoms with Crippen LogP contribution in [0.3, 0.4) is 0 Å². The van der Waals surface area contributed by atoms with E-state index in [0.717, 1.165) is 5.56 Å². The Labute approximate surface area is 163 Å². The highest BCUT2D eigenvalue weighted by molar-refractivity contribution is 5.98. The van der Waals surface area contributed by atoms with Crippen LogP contribution in [-0.2, 0) is 9.53 Å². The Bertz CT molecular complexity index is 978. The molecule has 0 saturated carbocycles. The highest BCUT2D eigenvalue weighted by Gasteiger charge is 2.27. The molecule has 1 unspecified atom stereocenters. The topological polar surface area (TPSA) is 77.8 Å². The van der Waals surface area contributed by atoms with E-state index in [1.54, 1.807) is 49.4 Å². The minimum Gasteiger partial charge on any atom is -0.495 e. The Morgan fingerprint density at radius 2 is 1.75 bits per heavy atom. The van der Waals surface area contributed by atoms with Crippen LogP contribution in [0.1, 0.15) is 33.5 Å². The number of methoxy groups -OCH3 is 1. The van der Waals surface area contributed by atoms with E-state index in [1.165, 1.54) is 13.2 Å². The molecule has 2 aromatic carbocycles. The van der Waals surface area contributed by atoms with E-state index in [4.69, 9.17) is 13.9 Å². The molecule has 3 aromatic rings. The second-order valence-electron chi connectivity index (χ2n) is 6.30. The summed E-state index contributed by atoms with van der Waals surface area (Å²) in [5, 5.41) is 2.79. The summed E-state index contributed by atoms with van der Waals surface area (Å²) in [4.78, 5) is 25.4. The van der Waals surface area contributed by atoms with Gasteiger partial charge in [-0.05, 0) is 43.7 Å². The van der Waals surface area contributed by atoms with Crippen LogP contribution >= 0.6 is 0 Å². The predicted molar refractivity (Wildman–Crippen MR) is 104 cm³/mol. The molecule has 0 aliphatic carbocycles. The first-order chi connectivity index (χ1) is 13.5. The molecule has 3 rings (SSSR count). The number of furan rings is 1. The summed E-state index contributed by atoms with van der Waals surface area (Å²) in [6.45, 7) is 3.63. The average molecular weight is 379 g/mol. The van der Waals surface area contributed by atoms with E-state index in [-0.39, 0.29) is 5.76 Å². The predicted octanol–water partition coefficient (Wildman–Crippen LogP) is 4.44. The molecule has 1 aromatic heterocycles. The summed E-state index contributed by atoms with van der Waals surface area (Å²) in [6, 6.07) is 17.4. The summed E-state index contributed by atoms with van der Waals surface area (Å²) in [7, 11) is 1.52. The Kier molecular flexibility index (Phi) is 5.79. The molecule has 1 heterocycles. The van der Waals surface area contributed by atoms with Crippen molar-refractivity contribution in [1.82, 2.24) is 0 Å². The van der Waals surface area contributed by atoms with Gasteiger partial charge >= 0.3 is 5.97 Å². The van der Waals surface area contributed by atoms with Crippen molar-refractivity contribution >= 4 is 17.6 Å². The van der Waals surface area contributed by atoms with Gasteiger partial charge in [-0.2, -0.15) is 0 Å². The second-order valence-corrected chi connectivity index (χ2v) is 6.30. The molecule has 0 fully saturated rings. The third kappa shape index (κ3) is 4.40. The number of ether oxygens (including phenoxy) is 2. The molecule has 0 aliphatic heterocycles. The van der Waals surface area contributed by atoms with Gasteiger partial charge in [0.1, 0.15) is 11.5 Å². The molecule has 0 spiro atoms. The number of rotatable bonds is 6. The standard InChI is InChI=1S/C22H21NO5/c1-14-9-11-18(26-3)17(13-14)23-21(24)20(16-7-5-4-6-8-16)28-22(25)19-12-10-15(2)27-19/h4-13,20H,1-3H3,(H,23,24). The molecule has 0 radical (unpaired) electrons. The zero-order chi connectivity index (χ0) is 20.1. The lowest BCUT2D eigenvalue weighted by Gasteiger charge is -2.18. The van der Waals surface area contributed by atoms with Crippen molar-refractivity contribution in [2.75, 3.05) is 12.4 Å². The Morgan fingerprint density at radius 1 is 1.00 bits per heavy atom. The molecule has 1 amide bonds. The molecule has 1 atom stereocenters. The third-order valence-electron chi connectivity index (χ3n) is 4.12. The molecule has 0 aliphatic rings. The lowest BCUT2D eigenvalue weighted by molar-refractivity contribution is -0.125. The number of nitrogens with one attached hydrogen (secondary N) is 1. The van der Waals surface area contributed by atoms with Gasteiger partial charge in [-0.3, -0.25) is 4.79 Å². The first kappa shape index (κ1) is 19.2. The maximum absolute atomic E-state index is 13.0. The minimum atomic E-state index is -1.15. The molecular formula is C22H21NO5. The van der Waals surface area contributed by atoms with Crippen molar-refractivity contribution in [2.24, 2.45) is 0 Å². The van der Waals surface area contributed by atoms with E-state index in [0.29, 0.717) is 22.8 Å². The Morgan fingerprint density at radius 3 is 2.39 bits per heavy atom. The average Bonchev–Trinajstić information content (AvgIpc) is 3.13. The summed E-state index contributed by atoms with van der Waals surface area (Å²) in [5.41, 5.74) is 2.00. The quantitative estimate of drug-likeness (QED) is 0.641. The van der Waals surface area contributed by atoms with Gasteiger partial charge < -0.3 is 19.2 Å². The number of hydrogen-bond donors (Lipinski definition) is 1. The second kappa shape index (κ2) is 8.43. The number of esters is 1. The molecule has 1 N–H and O–H groups in total. The van der Waals surface area contributed by atoms with Crippen LogP contribution in [0.4, 0.5) is 5.69 Å². The van der Waals surface area contributed by atoms with Crippen LogP contribution in [0, 0.1) is 13.8 Å². The Hall–Kier alpha value is -3.54. The monoisotopic (exact) mass is 379 g/mol. The van der Waals surface area contributed by atoms with Crippen molar-refractivity contribution in [2.45, 2.75) is 20.0 Å². The summed E-state index contributed by atoms with van der Waals surface area (Å²) in [5.74, 6) is -0.0738. The summed E-state index contributed by atoms with van der Waals surface area (Å²) >= 11 is 0. The summed E-state index contributed by atoms with van der Waals surface area (Å²) < 4.78 is 16.1. The lowest BCUT2D eigenvalue weighted by atomic mass is 10.1. The third-order valence-corrected chi connectivity index (χ3v) is 4.12. The van der Waals surface area contributed by atoms with Crippen molar-refractivity contribution in [3.8, 4) is 5.75 Å². The fourth-order valence-electron chi connectivity index (χ4n) is 2.73.